The summed E-state index contributed by atoms with van der Waals surface area (Å²) in [6.07, 6.45) is 4.72. The molecule has 0 aliphatic carbocycles. The first kappa shape index (κ1) is 21.9. The van der Waals surface area contributed by atoms with E-state index in [9.17, 15) is 14.0 Å². The summed E-state index contributed by atoms with van der Waals surface area (Å²) in [6, 6.07) is 11.2. The van der Waals surface area contributed by atoms with Crippen LogP contribution in [-0.4, -0.2) is 37.8 Å². The van der Waals surface area contributed by atoms with E-state index < -0.39 is 11.8 Å². The highest BCUT2D eigenvalue weighted by Gasteiger charge is 2.16. The van der Waals surface area contributed by atoms with Gasteiger partial charge in [0, 0.05) is 23.6 Å². The van der Waals surface area contributed by atoms with E-state index in [-0.39, 0.29) is 12.5 Å². The van der Waals surface area contributed by atoms with Gasteiger partial charge in [-0.05, 0) is 63.2 Å². The Hall–Kier alpha value is -4.27. The first-order valence-corrected chi connectivity index (χ1v) is 10.3. The third-order valence-electron chi connectivity index (χ3n) is 5.17. The van der Waals surface area contributed by atoms with Crippen molar-refractivity contribution in [2.45, 2.75) is 20.8 Å². The molecular weight excluding hydrogens is 425 g/mol. The Morgan fingerprint density at radius 3 is 2.52 bits per heavy atom. The van der Waals surface area contributed by atoms with Crippen molar-refractivity contribution in [3.63, 3.8) is 0 Å². The van der Waals surface area contributed by atoms with E-state index in [1.165, 1.54) is 12.3 Å². The lowest BCUT2D eigenvalue weighted by atomic mass is 10.1. The number of hydrogen-bond acceptors (Lipinski definition) is 5. The van der Waals surface area contributed by atoms with Gasteiger partial charge in [-0.2, -0.15) is 5.10 Å². The third-order valence-corrected chi connectivity index (χ3v) is 5.17. The molecule has 2 heterocycles. The smallest absolute Gasteiger partial charge is 0.341 e. The van der Waals surface area contributed by atoms with Crippen molar-refractivity contribution in [2.75, 3.05) is 11.9 Å². The second kappa shape index (κ2) is 9.07. The second-order valence-electron chi connectivity index (χ2n) is 7.29. The standard InChI is InChI=1S/C24H22FN5O3/c1-4-33-24(32)20-14-27-30(15(20)2)19-8-5-17(6-9-19)23(31)28-18-7-10-22(21(25)13-18)29-12-11-26-16(29)3/h5-14H,4H2,1-3H3,(H,28,31). The van der Waals surface area contributed by atoms with Gasteiger partial charge in [0.2, 0.25) is 0 Å². The van der Waals surface area contributed by atoms with E-state index in [1.54, 1.807) is 78.8 Å². The number of carbonyl (C=O) groups excluding carboxylic acids is 2. The molecule has 8 nitrogen and oxygen atoms in total. The largest absolute Gasteiger partial charge is 0.462 e. The lowest BCUT2D eigenvalue weighted by Crippen LogP contribution is -2.13. The highest BCUT2D eigenvalue weighted by atomic mass is 19.1. The zero-order chi connectivity index (χ0) is 23.5. The van der Waals surface area contributed by atoms with Crippen LogP contribution in [0.2, 0.25) is 0 Å². The molecule has 4 aromatic rings. The van der Waals surface area contributed by atoms with E-state index in [4.69, 9.17) is 4.74 Å². The van der Waals surface area contributed by atoms with Gasteiger partial charge >= 0.3 is 5.97 Å². The maximum atomic E-state index is 14.6. The number of imidazole rings is 1. The van der Waals surface area contributed by atoms with Gasteiger partial charge in [-0.3, -0.25) is 4.79 Å². The van der Waals surface area contributed by atoms with E-state index in [0.717, 1.165) is 0 Å². The van der Waals surface area contributed by atoms with E-state index >= 15 is 0 Å². The molecule has 2 aromatic heterocycles. The summed E-state index contributed by atoms with van der Waals surface area (Å²) < 4.78 is 22.8. The molecule has 1 N–H and O–H groups in total. The fourth-order valence-corrected chi connectivity index (χ4v) is 3.45. The topological polar surface area (TPSA) is 91.0 Å². The predicted molar refractivity (Wildman–Crippen MR) is 120 cm³/mol. The van der Waals surface area contributed by atoms with Crippen LogP contribution in [0.15, 0.2) is 61.1 Å². The molecule has 1 amide bonds. The average molecular weight is 447 g/mol. The molecule has 168 valence electrons. The number of aryl methyl sites for hydroxylation is 1. The van der Waals surface area contributed by atoms with Gasteiger partial charge in [0.15, 0.2) is 0 Å². The van der Waals surface area contributed by atoms with Crippen molar-refractivity contribution in [3.05, 3.63) is 89.5 Å². The summed E-state index contributed by atoms with van der Waals surface area (Å²) in [5.74, 6) is -0.626. The summed E-state index contributed by atoms with van der Waals surface area (Å²) in [7, 11) is 0. The molecule has 0 fully saturated rings. The van der Waals surface area contributed by atoms with Crippen molar-refractivity contribution in [1.29, 1.82) is 0 Å². The Labute approximate surface area is 189 Å². The molecule has 0 aliphatic heterocycles. The molecule has 0 aliphatic rings. The normalized spacial score (nSPS) is 10.8. The molecular formula is C24H22FN5O3. The number of ether oxygens (including phenoxy) is 1. The summed E-state index contributed by atoms with van der Waals surface area (Å²) >= 11 is 0. The van der Waals surface area contributed by atoms with Crippen LogP contribution in [-0.2, 0) is 4.74 Å². The number of aromatic nitrogens is 4. The van der Waals surface area contributed by atoms with Gasteiger partial charge in [-0.15, -0.1) is 0 Å². The van der Waals surface area contributed by atoms with Crippen molar-refractivity contribution in [1.82, 2.24) is 19.3 Å². The van der Waals surface area contributed by atoms with Crippen molar-refractivity contribution in [3.8, 4) is 11.4 Å². The first-order chi connectivity index (χ1) is 15.9. The van der Waals surface area contributed by atoms with E-state index in [2.05, 4.69) is 15.4 Å². The number of rotatable bonds is 6. The molecule has 0 radical (unpaired) electrons. The maximum Gasteiger partial charge on any atom is 0.341 e. The fourth-order valence-electron chi connectivity index (χ4n) is 3.45. The van der Waals surface area contributed by atoms with Crippen LogP contribution < -0.4 is 5.32 Å². The number of nitrogens with zero attached hydrogens (tertiary/aromatic N) is 4. The van der Waals surface area contributed by atoms with Crippen molar-refractivity contribution < 1.29 is 18.7 Å². The minimum absolute atomic E-state index is 0.281. The molecule has 9 heteroatoms. The van der Waals surface area contributed by atoms with Crippen LogP contribution in [0.1, 0.15) is 39.2 Å². The number of nitrogens with one attached hydrogen (secondary N) is 1. The van der Waals surface area contributed by atoms with Gasteiger partial charge in [0.25, 0.3) is 5.91 Å². The Morgan fingerprint density at radius 1 is 1.12 bits per heavy atom. The molecule has 0 spiro atoms. The highest BCUT2D eigenvalue weighted by molar-refractivity contribution is 6.04. The Morgan fingerprint density at radius 2 is 1.88 bits per heavy atom. The zero-order valence-electron chi connectivity index (χ0n) is 18.4. The molecule has 0 saturated heterocycles. The minimum Gasteiger partial charge on any atom is -0.462 e. The summed E-state index contributed by atoms with van der Waals surface area (Å²) in [5.41, 5.74) is 2.79. The average Bonchev–Trinajstić information content (AvgIpc) is 3.39. The van der Waals surface area contributed by atoms with Gasteiger partial charge in [0.1, 0.15) is 17.2 Å². The first-order valence-electron chi connectivity index (χ1n) is 10.3. The lowest BCUT2D eigenvalue weighted by Gasteiger charge is -2.10. The quantitative estimate of drug-likeness (QED) is 0.447. The van der Waals surface area contributed by atoms with Crippen LogP contribution in [0.3, 0.4) is 0 Å². The van der Waals surface area contributed by atoms with Crippen LogP contribution in [0.4, 0.5) is 10.1 Å². The Kier molecular flexibility index (Phi) is 6.03. The second-order valence-corrected chi connectivity index (χ2v) is 7.29. The number of anilines is 1. The predicted octanol–water partition coefficient (Wildman–Crippen LogP) is 4.24. The van der Waals surface area contributed by atoms with Crippen molar-refractivity contribution in [2.24, 2.45) is 0 Å². The number of benzene rings is 2. The molecule has 2 aromatic carbocycles. The summed E-state index contributed by atoms with van der Waals surface area (Å²) in [5, 5.41) is 6.95. The molecule has 0 saturated carbocycles. The maximum absolute atomic E-state index is 14.6. The lowest BCUT2D eigenvalue weighted by molar-refractivity contribution is 0.0525. The van der Waals surface area contributed by atoms with Gasteiger partial charge in [-0.1, -0.05) is 0 Å². The van der Waals surface area contributed by atoms with Crippen LogP contribution in [0.25, 0.3) is 11.4 Å². The molecule has 0 atom stereocenters. The number of amides is 1. The minimum atomic E-state index is -0.476. The molecule has 4 rings (SSSR count). The highest BCUT2D eigenvalue weighted by Crippen LogP contribution is 2.21. The molecule has 0 unspecified atom stereocenters. The van der Waals surface area contributed by atoms with Crippen LogP contribution in [0.5, 0.6) is 0 Å². The number of hydrogen-bond donors (Lipinski definition) is 1. The summed E-state index contributed by atoms with van der Waals surface area (Å²) in [4.78, 5) is 28.7. The molecule has 0 bridgehead atoms. The number of carbonyl (C=O) groups is 2. The van der Waals surface area contributed by atoms with E-state index in [1.807, 2.05) is 0 Å². The number of esters is 1. The van der Waals surface area contributed by atoms with Crippen LogP contribution in [0, 0.1) is 19.7 Å². The Balaban J connectivity index is 1.49. The molecule has 33 heavy (non-hydrogen) atoms. The van der Waals surface area contributed by atoms with Gasteiger partial charge < -0.3 is 14.6 Å². The van der Waals surface area contributed by atoms with Gasteiger partial charge in [0.05, 0.1) is 29.9 Å². The van der Waals surface area contributed by atoms with Crippen molar-refractivity contribution >= 4 is 17.6 Å². The monoisotopic (exact) mass is 447 g/mol. The fraction of sp³-hybridized carbons (Fsp3) is 0.167. The zero-order valence-corrected chi connectivity index (χ0v) is 18.4. The SMILES string of the molecule is CCOC(=O)c1cnn(-c2ccc(C(=O)Nc3ccc(-n4ccnc4C)c(F)c3)cc2)c1C. The van der Waals surface area contributed by atoms with Crippen LogP contribution >= 0.6 is 0 Å². The Bertz CT molecular complexity index is 1320. The summed E-state index contributed by atoms with van der Waals surface area (Å²) in [6.45, 7) is 5.57. The number of halogens is 1. The third kappa shape index (κ3) is 4.38. The van der Waals surface area contributed by atoms with E-state index in [0.29, 0.717) is 39.7 Å². The van der Waals surface area contributed by atoms with Gasteiger partial charge in [-0.25, -0.2) is 18.9 Å².